The topological polar surface area (TPSA) is 16.4 Å². The van der Waals surface area contributed by atoms with Crippen LogP contribution < -0.4 is 4.90 Å². The summed E-state index contributed by atoms with van der Waals surface area (Å²) in [5, 5.41) is 3.60. The van der Waals surface area contributed by atoms with Crippen LogP contribution in [-0.4, -0.2) is 0 Å². The fourth-order valence-corrected chi connectivity index (χ4v) is 5.17. The quantitative estimate of drug-likeness (QED) is 0.240. The standard InChI is InChI=1S/C36H25NO/c1-2-13-31(14-3-1)37(34-16-8-7-15-33(34)36-25-30-12-6-9-17-35(30)38-36)32-22-20-27(21-23-32)29-19-18-26-10-4-5-11-28(26)24-29/h1-25H. The van der Waals surface area contributed by atoms with Crippen molar-refractivity contribution in [3.8, 4) is 22.5 Å². The number of anilines is 3. The summed E-state index contributed by atoms with van der Waals surface area (Å²) in [4.78, 5) is 2.30. The molecule has 0 saturated heterocycles. The van der Waals surface area contributed by atoms with Gasteiger partial charge in [-0.1, -0.05) is 97.1 Å². The monoisotopic (exact) mass is 487 g/mol. The summed E-state index contributed by atoms with van der Waals surface area (Å²) in [5.74, 6) is 0.857. The lowest BCUT2D eigenvalue weighted by atomic mass is 10.0. The number of para-hydroxylation sites is 3. The van der Waals surface area contributed by atoms with E-state index in [9.17, 15) is 0 Å². The first-order valence-corrected chi connectivity index (χ1v) is 12.9. The second-order valence-corrected chi connectivity index (χ2v) is 9.45. The maximum atomic E-state index is 6.30. The normalized spacial score (nSPS) is 11.2. The Morgan fingerprint density at radius 3 is 1.87 bits per heavy atom. The number of fused-ring (bicyclic) bond motifs is 2. The van der Waals surface area contributed by atoms with Crippen LogP contribution in [0.15, 0.2) is 156 Å². The summed E-state index contributed by atoms with van der Waals surface area (Å²) in [6.45, 7) is 0. The molecule has 0 bridgehead atoms. The van der Waals surface area contributed by atoms with Crippen LogP contribution in [0.2, 0.25) is 0 Å². The summed E-state index contributed by atoms with van der Waals surface area (Å²) in [7, 11) is 0. The van der Waals surface area contributed by atoms with Gasteiger partial charge in [0.25, 0.3) is 0 Å². The largest absolute Gasteiger partial charge is 0.456 e. The van der Waals surface area contributed by atoms with E-state index < -0.39 is 0 Å². The summed E-state index contributed by atoms with van der Waals surface area (Å²) in [6, 6.07) is 53.2. The molecule has 180 valence electrons. The van der Waals surface area contributed by atoms with Crippen LogP contribution in [0.5, 0.6) is 0 Å². The maximum absolute atomic E-state index is 6.30. The van der Waals surface area contributed by atoms with E-state index >= 15 is 0 Å². The molecule has 0 spiro atoms. The zero-order chi connectivity index (χ0) is 25.3. The van der Waals surface area contributed by atoms with Crippen LogP contribution in [0, 0.1) is 0 Å². The fourth-order valence-electron chi connectivity index (χ4n) is 5.17. The minimum atomic E-state index is 0.857. The van der Waals surface area contributed by atoms with Gasteiger partial charge in [0.2, 0.25) is 0 Å². The number of nitrogens with zero attached hydrogens (tertiary/aromatic N) is 1. The molecule has 7 rings (SSSR count). The van der Waals surface area contributed by atoms with Crippen LogP contribution in [0.4, 0.5) is 17.1 Å². The van der Waals surface area contributed by atoms with E-state index in [0.717, 1.165) is 39.4 Å². The van der Waals surface area contributed by atoms with Crippen molar-refractivity contribution >= 4 is 38.8 Å². The van der Waals surface area contributed by atoms with E-state index in [1.807, 2.05) is 18.2 Å². The Morgan fingerprint density at radius 1 is 0.421 bits per heavy atom. The molecule has 1 heterocycles. The van der Waals surface area contributed by atoms with Gasteiger partial charge in [0.15, 0.2) is 0 Å². The Morgan fingerprint density at radius 2 is 1.05 bits per heavy atom. The summed E-state index contributed by atoms with van der Waals surface area (Å²) in [5.41, 5.74) is 7.59. The average molecular weight is 488 g/mol. The van der Waals surface area contributed by atoms with Crippen LogP contribution >= 0.6 is 0 Å². The number of benzene rings is 6. The molecule has 0 aliphatic carbocycles. The molecule has 0 aliphatic rings. The van der Waals surface area contributed by atoms with Gasteiger partial charge >= 0.3 is 0 Å². The second-order valence-electron chi connectivity index (χ2n) is 9.45. The van der Waals surface area contributed by atoms with Gasteiger partial charge in [0.05, 0.1) is 5.69 Å². The summed E-state index contributed by atoms with van der Waals surface area (Å²) >= 11 is 0. The predicted octanol–water partition coefficient (Wildman–Crippen LogP) is 10.4. The van der Waals surface area contributed by atoms with E-state index in [1.165, 1.54) is 21.9 Å². The van der Waals surface area contributed by atoms with E-state index in [4.69, 9.17) is 4.42 Å². The Balaban J connectivity index is 1.34. The van der Waals surface area contributed by atoms with Gasteiger partial charge in [0.1, 0.15) is 11.3 Å². The summed E-state index contributed by atoms with van der Waals surface area (Å²) < 4.78 is 6.30. The van der Waals surface area contributed by atoms with E-state index in [2.05, 4.69) is 138 Å². The van der Waals surface area contributed by atoms with Crippen molar-refractivity contribution in [3.63, 3.8) is 0 Å². The smallest absolute Gasteiger partial charge is 0.137 e. The molecule has 0 fully saturated rings. The number of furan rings is 1. The van der Waals surface area contributed by atoms with Crippen molar-refractivity contribution in [3.05, 3.63) is 152 Å². The molecular weight excluding hydrogens is 462 g/mol. The molecule has 7 aromatic rings. The van der Waals surface area contributed by atoms with Gasteiger partial charge in [-0.3, -0.25) is 0 Å². The molecule has 0 unspecified atom stereocenters. The Kier molecular flexibility index (Phi) is 5.49. The maximum Gasteiger partial charge on any atom is 0.137 e. The van der Waals surface area contributed by atoms with Gasteiger partial charge in [0, 0.05) is 22.3 Å². The van der Waals surface area contributed by atoms with Crippen molar-refractivity contribution in [1.82, 2.24) is 0 Å². The van der Waals surface area contributed by atoms with Gasteiger partial charge < -0.3 is 9.32 Å². The molecule has 0 aliphatic heterocycles. The minimum Gasteiger partial charge on any atom is -0.456 e. The third-order valence-corrected chi connectivity index (χ3v) is 7.06. The molecule has 38 heavy (non-hydrogen) atoms. The Bertz CT molecular complexity index is 1830. The SMILES string of the molecule is c1ccc(N(c2ccc(-c3ccc4ccccc4c3)cc2)c2ccccc2-c2cc3ccccc3o2)cc1. The van der Waals surface area contributed by atoms with Crippen LogP contribution in [0.1, 0.15) is 0 Å². The average Bonchev–Trinajstić information content (AvgIpc) is 3.43. The third kappa shape index (κ3) is 4.03. The molecule has 1 aromatic heterocycles. The van der Waals surface area contributed by atoms with Crippen molar-refractivity contribution in [2.75, 3.05) is 4.90 Å². The first-order chi connectivity index (χ1) is 18.8. The lowest BCUT2D eigenvalue weighted by molar-refractivity contribution is 0.631. The Labute approximate surface area is 222 Å². The highest BCUT2D eigenvalue weighted by Gasteiger charge is 2.19. The first kappa shape index (κ1) is 22.1. The molecule has 0 radical (unpaired) electrons. The van der Waals surface area contributed by atoms with Gasteiger partial charge in [-0.2, -0.15) is 0 Å². The van der Waals surface area contributed by atoms with E-state index in [-0.39, 0.29) is 0 Å². The molecule has 0 amide bonds. The molecule has 2 heteroatoms. The van der Waals surface area contributed by atoms with E-state index in [1.54, 1.807) is 0 Å². The van der Waals surface area contributed by atoms with E-state index in [0.29, 0.717) is 0 Å². The molecular formula is C36H25NO. The first-order valence-electron chi connectivity index (χ1n) is 12.9. The van der Waals surface area contributed by atoms with Crippen LogP contribution in [0.3, 0.4) is 0 Å². The van der Waals surface area contributed by atoms with Crippen molar-refractivity contribution < 1.29 is 4.42 Å². The molecule has 0 atom stereocenters. The number of rotatable bonds is 5. The zero-order valence-electron chi connectivity index (χ0n) is 20.8. The third-order valence-electron chi connectivity index (χ3n) is 7.06. The predicted molar refractivity (Wildman–Crippen MR) is 159 cm³/mol. The van der Waals surface area contributed by atoms with Gasteiger partial charge in [-0.25, -0.2) is 0 Å². The van der Waals surface area contributed by atoms with Gasteiger partial charge in [-0.05, 0) is 76.5 Å². The van der Waals surface area contributed by atoms with Crippen molar-refractivity contribution in [1.29, 1.82) is 0 Å². The van der Waals surface area contributed by atoms with Crippen LogP contribution in [0.25, 0.3) is 44.2 Å². The molecule has 0 saturated carbocycles. The fraction of sp³-hybridized carbons (Fsp3) is 0. The van der Waals surface area contributed by atoms with Crippen molar-refractivity contribution in [2.24, 2.45) is 0 Å². The van der Waals surface area contributed by atoms with Gasteiger partial charge in [-0.15, -0.1) is 0 Å². The highest BCUT2D eigenvalue weighted by molar-refractivity contribution is 5.91. The van der Waals surface area contributed by atoms with Crippen LogP contribution in [-0.2, 0) is 0 Å². The lowest BCUT2D eigenvalue weighted by Crippen LogP contribution is -2.10. The highest BCUT2D eigenvalue weighted by atomic mass is 16.3. The Hall–Kier alpha value is -5.08. The van der Waals surface area contributed by atoms with Crippen molar-refractivity contribution in [2.45, 2.75) is 0 Å². The zero-order valence-corrected chi connectivity index (χ0v) is 20.8. The molecule has 2 nitrogen and oxygen atoms in total. The second kappa shape index (κ2) is 9.42. The summed E-state index contributed by atoms with van der Waals surface area (Å²) in [6.07, 6.45) is 0. The molecule has 0 N–H and O–H groups in total. The lowest BCUT2D eigenvalue weighted by Gasteiger charge is -2.27. The number of hydrogen-bond donors (Lipinski definition) is 0. The number of hydrogen-bond acceptors (Lipinski definition) is 2. The molecule has 6 aromatic carbocycles. The minimum absolute atomic E-state index is 0.857. The highest BCUT2D eigenvalue weighted by Crippen LogP contribution is 2.42.